The van der Waals surface area contributed by atoms with Gasteiger partial charge in [0.15, 0.2) is 0 Å². The van der Waals surface area contributed by atoms with Crippen molar-refractivity contribution in [2.75, 3.05) is 5.32 Å². The molecule has 0 fully saturated rings. The summed E-state index contributed by atoms with van der Waals surface area (Å²) in [6.45, 7) is 3.84. The van der Waals surface area contributed by atoms with Crippen LogP contribution in [0, 0.1) is 0 Å². The molecule has 0 aliphatic rings. The molecule has 20 heavy (non-hydrogen) atoms. The van der Waals surface area contributed by atoms with E-state index in [0.717, 1.165) is 6.07 Å². The summed E-state index contributed by atoms with van der Waals surface area (Å²) in [4.78, 5) is 4.08. The molecule has 3 nitrogen and oxygen atoms in total. The van der Waals surface area contributed by atoms with Crippen LogP contribution in [0.2, 0.25) is 5.02 Å². The second-order valence-electron chi connectivity index (χ2n) is 4.58. The standard InChI is InChI=1S/C13H13ClF3N3/c1-8(2)19-12-18-5-6-20(12)9-3-4-11(14)10(7-9)13(15,16)17/h3-8H,1-2H3,(H,18,19). The molecule has 0 aliphatic heterocycles. The molecular formula is C13H13ClF3N3. The Kier molecular flexibility index (Phi) is 3.94. The first-order chi connectivity index (χ1) is 9.29. The lowest BCUT2D eigenvalue weighted by molar-refractivity contribution is -0.137. The van der Waals surface area contributed by atoms with Crippen molar-refractivity contribution in [3.63, 3.8) is 0 Å². The number of halogens is 4. The molecule has 7 heteroatoms. The number of benzene rings is 1. The van der Waals surface area contributed by atoms with Gasteiger partial charge in [0.05, 0.1) is 10.6 Å². The lowest BCUT2D eigenvalue weighted by atomic mass is 10.2. The first-order valence-corrected chi connectivity index (χ1v) is 6.34. The molecule has 108 valence electrons. The summed E-state index contributed by atoms with van der Waals surface area (Å²) in [6, 6.07) is 3.88. The Bertz CT molecular complexity index is 605. The van der Waals surface area contributed by atoms with Crippen LogP contribution in [-0.2, 0) is 6.18 Å². The topological polar surface area (TPSA) is 29.9 Å². The molecule has 0 saturated carbocycles. The molecule has 0 atom stereocenters. The van der Waals surface area contributed by atoms with Crippen LogP contribution in [0.3, 0.4) is 0 Å². The van der Waals surface area contributed by atoms with Gasteiger partial charge in [0.25, 0.3) is 0 Å². The highest BCUT2D eigenvalue weighted by Gasteiger charge is 2.33. The minimum absolute atomic E-state index is 0.116. The van der Waals surface area contributed by atoms with Gasteiger partial charge in [-0.15, -0.1) is 0 Å². The minimum atomic E-state index is -4.49. The highest BCUT2D eigenvalue weighted by atomic mass is 35.5. The summed E-state index contributed by atoms with van der Waals surface area (Å²) in [5, 5.41) is 2.74. The highest BCUT2D eigenvalue weighted by molar-refractivity contribution is 6.31. The maximum Gasteiger partial charge on any atom is 0.417 e. The average molecular weight is 304 g/mol. The molecule has 0 radical (unpaired) electrons. The molecule has 0 unspecified atom stereocenters. The maximum absolute atomic E-state index is 12.9. The van der Waals surface area contributed by atoms with Crippen LogP contribution in [-0.4, -0.2) is 15.6 Å². The van der Waals surface area contributed by atoms with Crippen molar-refractivity contribution < 1.29 is 13.2 Å². The van der Waals surface area contributed by atoms with E-state index in [1.54, 1.807) is 10.8 Å². The van der Waals surface area contributed by atoms with E-state index >= 15 is 0 Å². The van der Waals surface area contributed by atoms with Gasteiger partial charge in [0.1, 0.15) is 0 Å². The van der Waals surface area contributed by atoms with E-state index < -0.39 is 11.7 Å². The van der Waals surface area contributed by atoms with E-state index in [1.807, 2.05) is 13.8 Å². The Hall–Kier alpha value is -1.69. The maximum atomic E-state index is 12.9. The molecule has 0 aliphatic carbocycles. The third kappa shape index (κ3) is 3.07. The summed E-state index contributed by atoms with van der Waals surface area (Å²) in [5.74, 6) is 0.482. The van der Waals surface area contributed by atoms with Gasteiger partial charge in [-0.25, -0.2) is 4.98 Å². The van der Waals surface area contributed by atoms with Crippen molar-refractivity contribution in [2.45, 2.75) is 26.1 Å². The summed E-state index contributed by atoms with van der Waals surface area (Å²) in [5.41, 5.74) is -0.511. The smallest absolute Gasteiger partial charge is 0.353 e. The fourth-order valence-electron chi connectivity index (χ4n) is 1.76. The van der Waals surface area contributed by atoms with Crippen LogP contribution < -0.4 is 5.32 Å². The largest absolute Gasteiger partial charge is 0.417 e. The Balaban J connectivity index is 2.47. The fourth-order valence-corrected chi connectivity index (χ4v) is 1.98. The number of alkyl halides is 3. The summed E-state index contributed by atoms with van der Waals surface area (Å²) >= 11 is 5.61. The number of nitrogens with one attached hydrogen (secondary N) is 1. The van der Waals surface area contributed by atoms with Crippen LogP contribution >= 0.6 is 11.6 Å². The van der Waals surface area contributed by atoms with Crippen molar-refractivity contribution in [1.29, 1.82) is 0 Å². The second-order valence-corrected chi connectivity index (χ2v) is 4.99. The zero-order chi connectivity index (χ0) is 14.9. The predicted molar refractivity (Wildman–Crippen MR) is 72.3 cm³/mol. The Labute approximate surface area is 119 Å². The molecule has 2 rings (SSSR count). The van der Waals surface area contributed by atoms with Gasteiger partial charge in [-0.2, -0.15) is 13.2 Å². The zero-order valence-corrected chi connectivity index (χ0v) is 11.6. The van der Waals surface area contributed by atoms with Crippen LogP contribution in [0.1, 0.15) is 19.4 Å². The molecule has 0 saturated heterocycles. The van der Waals surface area contributed by atoms with Gasteiger partial charge in [0.2, 0.25) is 5.95 Å². The van der Waals surface area contributed by atoms with Crippen molar-refractivity contribution in [1.82, 2.24) is 9.55 Å². The quantitative estimate of drug-likeness (QED) is 0.912. The first-order valence-electron chi connectivity index (χ1n) is 5.96. The number of hydrogen-bond acceptors (Lipinski definition) is 2. The highest BCUT2D eigenvalue weighted by Crippen LogP contribution is 2.36. The van der Waals surface area contributed by atoms with Crippen molar-refractivity contribution in [3.8, 4) is 5.69 Å². The van der Waals surface area contributed by atoms with Gasteiger partial charge in [-0.3, -0.25) is 4.57 Å². The Morgan fingerprint density at radius 1 is 1.30 bits per heavy atom. The molecule has 2 aromatic rings. The molecule has 0 amide bonds. The van der Waals surface area contributed by atoms with E-state index in [-0.39, 0.29) is 11.1 Å². The van der Waals surface area contributed by atoms with E-state index in [2.05, 4.69) is 10.3 Å². The normalized spacial score (nSPS) is 11.9. The van der Waals surface area contributed by atoms with Crippen LogP contribution in [0.25, 0.3) is 5.69 Å². The van der Waals surface area contributed by atoms with Gasteiger partial charge < -0.3 is 5.32 Å². The fraction of sp³-hybridized carbons (Fsp3) is 0.308. The second kappa shape index (κ2) is 5.36. The number of rotatable bonds is 3. The average Bonchev–Trinajstić information content (AvgIpc) is 2.75. The first kappa shape index (κ1) is 14.7. The molecular weight excluding hydrogens is 291 g/mol. The van der Waals surface area contributed by atoms with E-state index in [9.17, 15) is 13.2 Å². The van der Waals surface area contributed by atoms with Crippen LogP contribution in [0.15, 0.2) is 30.6 Å². The van der Waals surface area contributed by atoms with Crippen molar-refractivity contribution in [2.24, 2.45) is 0 Å². The predicted octanol–water partition coefficient (Wildman–Crippen LogP) is 4.36. The summed E-state index contributed by atoms with van der Waals surface area (Å²) in [6.07, 6.45) is -1.37. The Morgan fingerprint density at radius 2 is 2.00 bits per heavy atom. The van der Waals surface area contributed by atoms with Crippen molar-refractivity contribution >= 4 is 17.5 Å². The number of imidazole rings is 1. The number of nitrogens with zero attached hydrogens (tertiary/aromatic N) is 2. The molecule has 0 spiro atoms. The van der Waals surface area contributed by atoms with Gasteiger partial charge in [-0.1, -0.05) is 11.6 Å². The molecule has 1 N–H and O–H groups in total. The number of hydrogen-bond donors (Lipinski definition) is 1. The summed E-state index contributed by atoms with van der Waals surface area (Å²) in [7, 11) is 0. The van der Waals surface area contributed by atoms with E-state index in [0.29, 0.717) is 11.6 Å². The molecule has 1 heterocycles. The third-order valence-corrected chi connectivity index (χ3v) is 2.92. The van der Waals surface area contributed by atoms with Gasteiger partial charge in [0, 0.05) is 24.1 Å². The van der Waals surface area contributed by atoms with E-state index in [1.165, 1.54) is 18.3 Å². The van der Waals surface area contributed by atoms with Crippen molar-refractivity contribution in [3.05, 3.63) is 41.2 Å². The summed E-state index contributed by atoms with van der Waals surface area (Å²) < 4.78 is 40.1. The SMILES string of the molecule is CC(C)Nc1nccn1-c1ccc(Cl)c(C(F)(F)F)c1. The van der Waals surface area contributed by atoms with Crippen LogP contribution in [0.4, 0.5) is 19.1 Å². The van der Waals surface area contributed by atoms with Gasteiger partial charge in [-0.05, 0) is 32.0 Å². The van der Waals surface area contributed by atoms with Crippen LogP contribution in [0.5, 0.6) is 0 Å². The molecule has 0 bridgehead atoms. The zero-order valence-electron chi connectivity index (χ0n) is 10.9. The van der Waals surface area contributed by atoms with Gasteiger partial charge >= 0.3 is 6.18 Å². The minimum Gasteiger partial charge on any atom is -0.353 e. The lowest BCUT2D eigenvalue weighted by Crippen LogP contribution is -2.14. The monoisotopic (exact) mass is 303 g/mol. The number of aromatic nitrogens is 2. The molecule has 1 aromatic heterocycles. The number of anilines is 1. The molecule has 1 aromatic carbocycles. The van der Waals surface area contributed by atoms with E-state index in [4.69, 9.17) is 11.6 Å². The lowest BCUT2D eigenvalue weighted by Gasteiger charge is -2.15. The third-order valence-electron chi connectivity index (χ3n) is 2.59. The Morgan fingerprint density at radius 3 is 2.60 bits per heavy atom.